The van der Waals surface area contributed by atoms with Crippen LogP contribution in [-0.4, -0.2) is 65.1 Å². The second kappa shape index (κ2) is 8.58. The number of methoxy groups -OCH3 is 1. The van der Waals surface area contributed by atoms with E-state index >= 15 is 0 Å². The maximum atomic E-state index is 12.5. The maximum absolute atomic E-state index is 12.5. The molecule has 1 aliphatic heterocycles. The van der Waals surface area contributed by atoms with Crippen LogP contribution in [0.3, 0.4) is 0 Å². The average Bonchev–Trinajstić information content (AvgIpc) is 2.63. The summed E-state index contributed by atoms with van der Waals surface area (Å²) in [6.45, 7) is 6.23. The van der Waals surface area contributed by atoms with Gasteiger partial charge in [0, 0.05) is 45.4 Å². The molecule has 1 N–H and O–H groups in total. The number of aromatic nitrogens is 2. The number of ether oxygens (including phenoxy) is 1. The van der Waals surface area contributed by atoms with Crippen LogP contribution < -0.4 is 5.32 Å². The van der Waals surface area contributed by atoms with Gasteiger partial charge in [0.15, 0.2) is 0 Å². The van der Waals surface area contributed by atoms with Gasteiger partial charge in [0.05, 0.1) is 12.3 Å². The summed E-state index contributed by atoms with van der Waals surface area (Å²) in [6, 6.07) is 2.37. The van der Waals surface area contributed by atoms with E-state index < -0.39 is 0 Å². The van der Waals surface area contributed by atoms with E-state index in [1.165, 1.54) is 32.0 Å². The van der Waals surface area contributed by atoms with E-state index in [1.807, 2.05) is 4.90 Å². The molecule has 138 valence electrons. The maximum Gasteiger partial charge on any atom is 0.323 e. The first-order valence-electron chi connectivity index (χ1n) is 9.25. The van der Waals surface area contributed by atoms with Crippen molar-refractivity contribution in [3.05, 3.63) is 18.1 Å². The van der Waals surface area contributed by atoms with Crippen LogP contribution >= 0.6 is 0 Å². The minimum atomic E-state index is -0.0843. The van der Waals surface area contributed by atoms with Gasteiger partial charge in [0.1, 0.15) is 12.1 Å². The van der Waals surface area contributed by atoms with Gasteiger partial charge in [-0.2, -0.15) is 0 Å². The van der Waals surface area contributed by atoms with Crippen molar-refractivity contribution in [1.29, 1.82) is 0 Å². The number of rotatable bonds is 4. The Labute approximate surface area is 149 Å². The highest BCUT2D eigenvalue weighted by Gasteiger charge is 2.28. The zero-order valence-corrected chi connectivity index (χ0v) is 15.3. The molecule has 1 aromatic rings. The highest BCUT2D eigenvalue weighted by Crippen LogP contribution is 2.27. The number of nitrogens with one attached hydrogen (secondary N) is 1. The molecule has 2 heterocycles. The van der Waals surface area contributed by atoms with E-state index in [-0.39, 0.29) is 6.03 Å². The molecule has 1 saturated carbocycles. The number of urea groups is 1. The minimum Gasteiger partial charge on any atom is -0.378 e. The molecule has 0 atom stereocenters. The molecule has 2 fully saturated rings. The molecule has 25 heavy (non-hydrogen) atoms. The molecule has 0 unspecified atom stereocenters. The number of carbonyl (C=O) groups excluding carboxylic acids is 1. The lowest BCUT2D eigenvalue weighted by Crippen LogP contribution is -2.53. The lowest BCUT2D eigenvalue weighted by Gasteiger charge is -2.41. The molecule has 3 rings (SSSR count). The van der Waals surface area contributed by atoms with Gasteiger partial charge in [-0.05, 0) is 31.6 Å². The van der Waals surface area contributed by atoms with Gasteiger partial charge in [0.2, 0.25) is 0 Å². The molecule has 0 bridgehead atoms. The summed E-state index contributed by atoms with van der Waals surface area (Å²) in [6.07, 6.45) is 6.73. The first kappa shape index (κ1) is 18.1. The Kier molecular flexibility index (Phi) is 6.20. The van der Waals surface area contributed by atoms with Crippen LogP contribution in [0, 0.1) is 5.92 Å². The SMILES string of the molecule is COCc1cc(NC(=O)N2CCN(C3CCC(C)CC3)CC2)ncn1. The Bertz CT molecular complexity index is 566. The summed E-state index contributed by atoms with van der Waals surface area (Å²) in [4.78, 5) is 25.1. The zero-order chi connectivity index (χ0) is 17.6. The van der Waals surface area contributed by atoms with E-state index in [1.54, 1.807) is 13.2 Å². The van der Waals surface area contributed by atoms with Crippen LogP contribution in [0.4, 0.5) is 10.6 Å². The van der Waals surface area contributed by atoms with Crippen molar-refractivity contribution in [3.8, 4) is 0 Å². The predicted octanol–water partition coefficient (Wildman–Crippen LogP) is 2.35. The second-order valence-corrected chi connectivity index (χ2v) is 7.19. The number of hydrogen-bond donors (Lipinski definition) is 1. The van der Waals surface area contributed by atoms with Crippen molar-refractivity contribution in [2.24, 2.45) is 5.92 Å². The fraction of sp³-hybridized carbons (Fsp3) is 0.722. The van der Waals surface area contributed by atoms with E-state index in [4.69, 9.17) is 4.74 Å². The van der Waals surface area contributed by atoms with Crippen LogP contribution in [0.1, 0.15) is 38.3 Å². The van der Waals surface area contributed by atoms with Crippen molar-refractivity contribution < 1.29 is 9.53 Å². The van der Waals surface area contributed by atoms with E-state index in [0.717, 1.165) is 37.8 Å². The number of amides is 2. The molecule has 7 heteroatoms. The lowest BCUT2D eigenvalue weighted by atomic mass is 9.86. The number of anilines is 1. The van der Waals surface area contributed by atoms with Gasteiger partial charge in [0.25, 0.3) is 0 Å². The quantitative estimate of drug-likeness (QED) is 0.905. The Balaban J connectivity index is 1.47. The number of nitrogens with zero attached hydrogens (tertiary/aromatic N) is 4. The Morgan fingerprint density at radius 3 is 2.60 bits per heavy atom. The number of carbonyl (C=O) groups is 1. The average molecular weight is 347 g/mol. The van der Waals surface area contributed by atoms with Crippen LogP contribution in [0.5, 0.6) is 0 Å². The fourth-order valence-corrected chi connectivity index (χ4v) is 3.78. The zero-order valence-electron chi connectivity index (χ0n) is 15.3. The van der Waals surface area contributed by atoms with Crippen LogP contribution in [0.25, 0.3) is 0 Å². The molecule has 1 aliphatic carbocycles. The highest BCUT2D eigenvalue weighted by molar-refractivity contribution is 5.88. The molecular formula is C18H29N5O2. The van der Waals surface area contributed by atoms with Crippen molar-refractivity contribution in [2.75, 3.05) is 38.6 Å². The highest BCUT2D eigenvalue weighted by atomic mass is 16.5. The summed E-state index contributed by atoms with van der Waals surface area (Å²) < 4.78 is 5.06. The number of piperazine rings is 1. The first-order chi connectivity index (χ1) is 12.2. The molecule has 2 amide bonds. The van der Waals surface area contributed by atoms with Crippen molar-refractivity contribution in [1.82, 2.24) is 19.8 Å². The second-order valence-electron chi connectivity index (χ2n) is 7.19. The summed E-state index contributed by atoms with van der Waals surface area (Å²) in [5.41, 5.74) is 0.754. The van der Waals surface area contributed by atoms with Crippen LogP contribution in [-0.2, 0) is 11.3 Å². The van der Waals surface area contributed by atoms with Crippen molar-refractivity contribution in [2.45, 2.75) is 45.3 Å². The summed E-state index contributed by atoms with van der Waals surface area (Å²) in [5, 5.41) is 2.87. The molecule has 1 saturated heterocycles. The molecule has 0 spiro atoms. The van der Waals surface area contributed by atoms with Crippen LogP contribution in [0.15, 0.2) is 12.4 Å². The normalized spacial score (nSPS) is 25.0. The Hall–Kier alpha value is -1.73. The Morgan fingerprint density at radius 1 is 1.20 bits per heavy atom. The van der Waals surface area contributed by atoms with E-state index in [9.17, 15) is 4.79 Å². The first-order valence-corrected chi connectivity index (χ1v) is 9.25. The third-order valence-corrected chi connectivity index (χ3v) is 5.35. The standard InChI is InChI=1S/C18H29N5O2/c1-14-3-5-16(6-4-14)22-7-9-23(10-8-22)18(24)21-17-11-15(12-25-2)19-13-20-17/h11,13-14,16H,3-10,12H2,1-2H3,(H,19,20,21,24). The van der Waals surface area contributed by atoms with E-state index in [0.29, 0.717) is 18.5 Å². The van der Waals surface area contributed by atoms with Crippen molar-refractivity contribution >= 4 is 11.8 Å². The van der Waals surface area contributed by atoms with Gasteiger partial charge < -0.3 is 9.64 Å². The third kappa shape index (κ3) is 4.89. The summed E-state index contributed by atoms with van der Waals surface area (Å²) in [5.74, 6) is 1.40. The fourth-order valence-electron chi connectivity index (χ4n) is 3.78. The molecule has 0 aromatic carbocycles. The molecule has 2 aliphatic rings. The largest absolute Gasteiger partial charge is 0.378 e. The smallest absolute Gasteiger partial charge is 0.323 e. The lowest BCUT2D eigenvalue weighted by molar-refractivity contribution is 0.0864. The summed E-state index contributed by atoms with van der Waals surface area (Å²) >= 11 is 0. The molecule has 0 radical (unpaired) electrons. The van der Waals surface area contributed by atoms with Gasteiger partial charge in [-0.3, -0.25) is 10.2 Å². The minimum absolute atomic E-state index is 0.0843. The van der Waals surface area contributed by atoms with E-state index in [2.05, 4.69) is 27.1 Å². The van der Waals surface area contributed by atoms with Crippen molar-refractivity contribution in [3.63, 3.8) is 0 Å². The predicted molar refractivity (Wildman–Crippen MR) is 96.3 cm³/mol. The van der Waals surface area contributed by atoms with Gasteiger partial charge >= 0.3 is 6.03 Å². The van der Waals surface area contributed by atoms with Crippen LogP contribution in [0.2, 0.25) is 0 Å². The molecule has 7 nitrogen and oxygen atoms in total. The van der Waals surface area contributed by atoms with Gasteiger partial charge in [-0.15, -0.1) is 0 Å². The molecular weight excluding hydrogens is 318 g/mol. The van der Waals surface area contributed by atoms with Gasteiger partial charge in [-0.25, -0.2) is 14.8 Å². The molecule has 1 aromatic heterocycles. The Morgan fingerprint density at radius 2 is 1.92 bits per heavy atom. The number of hydrogen-bond acceptors (Lipinski definition) is 5. The summed E-state index contributed by atoms with van der Waals surface area (Å²) in [7, 11) is 1.62. The van der Waals surface area contributed by atoms with Gasteiger partial charge in [-0.1, -0.05) is 6.92 Å². The third-order valence-electron chi connectivity index (χ3n) is 5.35. The monoisotopic (exact) mass is 347 g/mol. The topological polar surface area (TPSA) is 70.6 Å².